The first-order valence-corrected chi connectivity index (χ1v) is 11.0. The minimum Gasteiger partial charge on any atom is -0.466 e. The van der Waals surface area contributed by atoms with E-state index in [0.29, 0.717) is 18.2 Å². The van der Waals surface area contributed by atoms with Gasteiger partial charge in [-0.15, -0.1) is 0 Å². The van der Waals surface area contributed by atoms with Crippen molar-refractivity contribution in [3.63, 3.8) is 0 Å². The van der Waals surface area contributed by atoms with Crippen molar-refractivity contribution in [3.05, 3.63) is 77.6 Å². The van der Waals surface area contributed by atoms with Gasteiger partial charge in [0.1, 0.15) is 5.82 Å². The lowest BCUT2D eigenvalue weighted by molar-refractivity contribution is -0.142. The van der Waals surface area contributed by atoms with Crippen molar-refractivity contribution in [2.75, 3.05) is 24.6 Å². The fourth-order valence-electron chi connectivity index (χ4n) is 4.50. The minimum absolute atomic E-state index is 0.0895. The Bertz CT molecular complexity index is 1060. The van der Waals surface area contributed by atoms with Gasteiger partial charge in [0.15, 0.2) is 0 Å². The number of rotatable bonds is 7. The number of hydrogen-bond acceptors (Lipinski definition) is 4. The molecule has 1 saturated heterocycles. The molecule has 31 heavy (non-hydrogen) atoms. The van der Waals surface area contributed by atoms with Gasteiger partial charge in [-0.05, 0) is 60.4 Å². The van der Waals surface area contributed by atoms with Crippen LogP contribution in [0.3, 0.4) is 0 Å². The van der Waals surface area contributed by atoms with Gasteiger partial charge in [-0.2, -0.15) is 0 Å². The SMILES string of the molecule is CCOC(=O)Cc1cc(F)cc(N2CC[C@H](N[C@H](C)c3cccc4ccccc34)C2)c1. The molecule has 1 N–H and O–H groups in total. The van der Waals surface area contributed by atoms with E-state index >= 15 is 0 Å². The van der Waals surface area contributed by atoms with E-state index in [1.54, 1.807) is 13.0 Å². The van der Waals surface area contributed by atoms with Gasteiger partial charge in [-0.25, -0.2) is 4.39 Å². The minimum atomic E-state index is -0.330. The molecule has 0 unspecified atom stereocenters. The average molecular weight is 421 g/mol. The maximum Gasteiger partial charge on any atom is 0.310 e. The van der Waals surface area contributed by atoms with Crippen LogP contribution in [0.15, 0.2) is 60.7 Å². The highest BCUT2D eigenvalue weighted by Crippen LogP contribution is 2.27. The van der Waals surface area contributed by atoms with E-state index < -0.39 is 0 Å². The van der Waals surface area contributed by atoms with Crippen molar-refractivity contribution < 1.29 is 13.9 Å². The van der Waals surface area contributed by atoms with Crippen LogP contribution >= 0.6 is 0 Å². The Kier molecular flexibility index (Phi) is 6.52. The van der Waals surface area contributed by atoms with Crippen molar-refractivity contribution in [2.24, 2.45) is 0 Å². The molecule has 1 aliphatic rings. The molecule has 0 aliphatic carbocycles. The number of anilines is 1. The van der Waals surface area contributed by atoms with Crippen molar-refractivity contribution in [1.82, 2.24) is 5.32 Å². The second kappa shape index (κ2) is 9.48. The topological polar surface area (TPSA) is 41.6 Å². The van der Waals surface area contributed by atoms with Gasteiger partial charge in [0.05, 0.1) is 13.0 Å². The number of carbonyl (C=O) groups is 1. The summed E-state index contributed by atoms with van der Waals surface area (Å²) in [5.41, 5.74) is 2.76. The summed E-state index contributed by atoms with van der Waals surface area (Å²) >= 11 is 0. The molecule has 3 aromatic carbocycles. The number of halogens is 1. The van der Waals surface area contributed by atoms with Crippen LogP contribution in [-0.2, 0) is 16.0 Å². The summed E-state index contributed by atoms with van der Waals surface area (Å²) in [4.78, 5) is 14.0. The van der Waals surface area contributed by atoms with Gasteiger partial charge in [0.25, 0.3) is 0 Å². The summed E-state index contributed by atoms with van der Waals surface area (Å²) in [6.45, 7) is 5.95. The monoisotopic (exact) mass is 420 g/mol. The number of benzene rings is 3. The van der Waals surface area contributed by atoms with Crippen molar-refractivity contribution in [3.8, 4) is 0 Å². The molecular formula is C26H29FN2O2. The van der Waals surface area contributed by atoms with Crippen LogP contribution in [0.1, 0.15) is 37.4 Å². The van der Waals surface area contributed by atoms with Gasteiger partial charge < -0.3 is 15.0 Å². The first kappa shape index (κ1) is 21.3. The van der Waals surface area contributed by atoms with Crippen molar-refractivity contribution in [1.29, 1.82) is 0 Å². The van der Waals surface area contributed by atoms with Crippen LogP contribution in [0.25, 0.3) is 10.8 Å². The summed E-state index contributed by atoms with van der Waals surface area (Å²) in [5.74, 6) is -0.652. The van der Waals surface area contributed by atoms with Crippen LogP contribution in [0, 0.1) is 5.82 Å². The summed E-state index contributed by atoms with van der Waals surface area (Å²) < 4.78 is 19.2. The number of nitrogens with one attached hydrogen (secondary N) is 1. The normalized spacial score (nSPS) is 17.1. The van der Waals surface area contributed by atoms with Crippen LogP contribution in [0.4, 0.5) is 10.1 Å². The zero-order valence-corrected chi connectivity index (χ0v) is 18.1. The second-order valence-corrected chi connectivity index (χ2v) is 8.19. The lowest BCUT2D eigenvalue weighted by atomic mass is 9.99. The van der Waals surface area contributed by atoms with Crippen LogP contribution in [-0.4, -0.2) is 31.7 Å². The third kappa shape index (κ3) is 5.05. The van der Waals surface area contributed by atoms with E-state index in [-0.39, 0.29) is 24.2 Å². The van der Waals surface area contributed by atoms with Gasteiger partial charge in [-0.1, -0.05) is 42.5 Å². The molecule has 5 heteroatoms. The maximum absolute atomic E-state index is 14.2. The first-order chi connectivity index (χ1) is 15.0. The maximum atomic E-state index is 14.2. The van der Waals surface area contributed by atoms with E-state index in [0.717, 1.165) is 25.2 Å². The Morgan fingerprint density at radius 3 is 2.84 bits per heavy atom. The summed E-state index contributed by atoms with van der Waals surface area (Å²) in [7, 11) is 0. The highest BCUT2D eigenvalue weighted by molar-refractivity contribution is 5.86. The van der Waals surface area contributed by atoms with Gasteiger partial charge in [0, 0.05) is 30.9 Å². The van der Waals surface area contributed by atoms with E-state index in [2.05, 4.69) is 59.6 Å². The molecule has 0 saturated carbocycles. The number of nitrogens with zero attached hydrogens (tertiary/aromatic N) is 1. The molecule has 162 valence electrons. The Morgan fingerprint density at radius 2 is 2.00 bits per heavy atom. The highest BCUT2D eigenvalue weighted by atomic mass is 19.1. The van der Waals surface area contributed by atoms with Crippen LogP contribution < -0.4 is 10.2 Å². The summed E-state index contributed by atoms with van der Waals surface area (Å²) in [6.07, 6.45) is 1.07. The van der Waals surface area contributed by atoms with E-state index in [1.807, 2.05) is 6.07 Å². The number of fused-ring (bicyclic) bond motifs is 1. The summed E-state index contributed by atoms with van der Waals surface area (Å²) in [6, 6.07) is 20.3. The highest BCUT2D eigenvalue weighted by Gasteiger charge is 2.25. The Balaban J connectivity index is 1.43. The standard InChI is InChI=1S/C26H29FN2O2/c1-3-31-26(30)15-19-13-21(27)16-23(14-19)29-12-11-22(17-29)28-18(2)24-10-6-8-20-7-4-5-9-25(20)24/h4-10,13-14,16,18,22,28H,3,11-12,15,17H2,1-2H3/t18-,22+/m1/s1. The Labute approximate surface area is 183 Å². The number of ether oxygens (including phenoxy) is 1. The van der Waals surface area contributed by atoms with Crippen molar-refractivity contribution >= 4 is 22.4 Å². The van der Waals surface area contributed by atoms with E-state index in [1.165, 1.54) is 22.4 Å². The molecule has 0 bridgehead atoms. The predicted octanol–water partition coefficient (Wildman–Crippen LogP) is 5.01. The zero-order chi connectivity index (χ0) is 21.8. The Morgan fingerprint density at radius 1 is 1.19 bits per heavy atom. The van der Waals surface area contributed by atoms with Gasteiger partial charge in [0.2, 0.25) is 0 Å². The summed E-state index contributed by atoms with van der Waals surface area (Å²) in [5, 5.41) is 6.27. The molecule has 0 amide bonds. The number of carbonyl (C=O) groups excluding carboxylic acids is 1. The predicted molar refractivity (Wildman–Crippen MR) is 123 cm³/mol. The molecule has 3 aromatic rings. The molecule has 0 spiro atoms. The molecule has 4 rings (SSSR count). The first-order valence-electron chi connectivity index (χ1n) is 11.0. The molecule has 2 atom stereocenters. The average Bonchev–Trinajstić information content (AvgIpc) is 3.21. The molecule has 1 heterocycles. The quantitative estimate of drug-likeness (QED) is 0.546. The third-order valence-corrected chi connectivity index (χ3v) is 5.93. The van der Waals surface area contributed by atoms with Crippen LogP contribution in [0.2, 0.25) is 0 Å². The lowest BCUT2D eigenvalue weighted by Gasteiger charge is -2.23. The van der Waals surface area contributed by atoms with Gasteiger partial charge in [-0.3, -0.25) is 4.79 Å². The van der Waals surface area contributed by atoms with Crippen molar-refractivity contribution in [2.45, 2.75) is 38.8 Å². The zero-order valence-electron chi connectivity index (χ0n) is 18.1. The largest absolute Gasteiger partial charge is 0.466 e. The molecule has 1 fully saturated rings. The molecule has 0 radical (unpaired) electrons. The van der Waals surface area contributed by atoms with Gasteiger partial charge >= 0.3 is 5.97 Å². The number of hydrogen-bond donors (Lipinski definition) is 1. The molecule has 1 aliphatic heterocycles. The fraction of sp³-hybridized carbons (Fsp3) is 0.346. The van der Waals surface area contributed by atoms with E-state index in [9.17, 15) is 9.18 Å². The fourth-order valence-corrected chi connectivity index (χ4v) is 4.50. The smallest absolute Gasteiger partial charge is 0.310 e. The van der Waals surface area contributed by atoms with E-state index in [4.69, 9.17) is 4.74 Å². The van der Waals surface area contributed by atoms with Crippen LogP contribution in [0.5, 0.6) is 0 Å². The third-order valence-electron chi connectivity index (χ3n) is 5.93. The molecule has 4 nitrogen and oxygen atoms in total. The number of esters is 1. The lowest BCUT2D eigenvalue weighted by Crippen LogP contribution is -2.34. The molecular weight excluding hydrogens is 391 g/mol. The Hall–Kier alpha value is -2.92. The second-order valence-electron chi connectivity index (χ2n) is 8.19. The molecule has 0 aromatic heterocycles.